The number of ether oxygens (including phenoxy) is 1. The molecule has 0 aliphatic carbocycles. The highest BCUT2D eigenvalue weighted by molar-refractivity contribution is 6.30. The molecule has 1 nitrogen and oxygen atoms in total. The van der Waals surface area contributed by atoms with Crippen molar-refractivity contribution < 1.29 is 9.13 Å². The first kappa shape index (κ1) is 7.07. The molecule has 1 heterocycles. The molecule has 0 N–H and O–H groups in total. The smallest absolute Gasteiger partial charge is 0.130 e. The van der Waals surface area contributed by atoms with Crippen LogP contribution in [0.5, 0.6) is 0 Å². The Morgan fingerprint density at radius 3 is 2.82 bits per heavy atom. The minimum absolute atomic E-state index is 0.0349. The van der Waals surface area contributed by atoms with Crippen molar-refractivity contribution in [3.05, 3.63) is 34.6 Å². The van der Waals surface area contributed by atoms with E-state index in [0.29, 0.717) is 17.2 Å². The number of benzene rings is 1. The van der Waals surface area contributed by atoms with E-state index >= 15 is 0 Å². The zero-order valence-corrected chi connectivity index (χ0v) is 6.44. The average Bonchev–Trinajstić information content (AvgIpc) is 2.70. The lowest BCUT2D eigenvalue weighted by molar-refractivity contribution is 0.408. The van der Waals surface area contributed by atoms with Gasteiger partial charge in [0.05, 0.1) is 6.61 Å². The molecule has 3 heteroatoms. The van der Waals surface area contributed by atoms with E-state index in [1.165, 1.54) is 6.07 Å². The molecule has 0 radical (unpaired) electrons. The van der Waals surface area contributed by atoms with Gasteiger partial charge in [0, 0.05) is 10.6 Å². The summed E-state index contributed by atoms with van der Waals surface area (Å²) in [6.07, 6.45) is -0.0349. The molecule has 1 atom stereocenters. The van der Waals surface area contributed by atoms with Gasteiger partial charge in [-0.05, 0) is 12.1 Å². The lowest BCUT2D eigenvalue weighted by atomic mass is 10.1. The molecule has 2 rings (SSSR count). The molecule has 1 fully saturated rings. The van der Waals surface area contributed by atoms with Gasteiger partial charge in [0.25, 0.3) is 0 Å². The SMILES string of the molecule is Fc1cc(Cl)ccc1[C@@H]1CO1. The van der Waals surface area contributed by atoms with E-state index in [4.69, 9.17) is 16.3 Å². The molecule has 58 valence electrons. The zero-order chi connectivity index (χ0) is 7.84. The van der Waals surface area contributed by atoms with Crippen molar-refractivity contribution in [1.82, 2.24) is 0 Å². The molecular formula is C8H6ClFO. The predicted molar refractivity (Wildman–Crippen MR) is 40.1 cm³/mol. The molecule has 1 aromatic carbocycles. The van der Waals surface area contributed by atoms with E-state index in [0.717, 1.165) is 0 Å². The summed E-state index contributed by atoms with van der Waals surface area (Å²) in [7, 11) is 0. The van der Waals surface area contributed by atoms with Gasteiger partial charge in [0.2, 0.25) is 0 Å². The number of halogens is 2. The normalized spacial score (nSPS) is 21.8. The van der Waals surface area contributed by atoms with Crippen LogP contribution in [-0.4, -0.2) is 6.61 Å². The van der Waals surface area contributed by atoms with Crippen molar-refractivity contribution in [3.63, 3.8) is 0 Å². The molecule has 0 bridgehead atoms. The Labute approximate surface area is 68.7 Å². The van der Waals surface area contributed by atoms with E-state index in [9.17, 15) is 4.39 Å². The molecule has 1 aromatic rings. The topological polar surface area (TPSA) is 12.5 Å². The molecule has 1 aliphatic heterocycles. The van der Waals surface area contributed by atoms with Gasteiger partial charge in [0.15, 0.2) is 0 Å². The van der Waals surface area contributed by atoms with Crippen LogP contribution in [0.1, 0.15) is 11.7 Å². The third-order valence-electron chi connectivity index (χ3n) is 1.64. The highest BCUT2D eigenvalue weighted by Gasteiger charge is 2.27. The molecule has 0 amide bonds. The molecule has 11 heavy (non-hydrogen) atoms. The fraction of sp³-hybridized carbons (Fsp3) is 0.250. The monoisotopic (exact) mass is 172 g/mol. The maximum atomic E-state index is 13.0. The second-order valence-electron chi connectivity index (χ2n) is 2.49. The van der Waals surface area contributed by atoms with Gasteiger partial charge in [-0.25, -0.2) is 4.39 Å². The van der Waals surface area contributed by atoms with Crippen LogP contribution in [0.4, 0.5) is 4.39 Å². The van der Waals surface area contributed by atoms with Gasteiger partial charge in [-0.15, -0.1) is 0 Å². The van der Waals surface area contributed by atoms with Crippen LogP contribution in [0.15, 0.2) is 18.2 Å². The third-order valence-corrected chi connectivity index (χ3v) is 1.88. The number of hydrogen-bond donors (Lipinski definition) is 0. The van der Waals surface area contributed by atoms with Crippen LogP contribution < -0.4 is 0 Å². The summed E-state index contributed by atoms with van der Waals surface area (Å²) in [5.74, 6) is -0.278. The first-order valence-electron chi connectivity index (χ1n) is 3.34. The predicted octanol–water partition coefficient (Wildman–Crippen LogP) is 2.55. The van der Waals surface area contributed by atoms with Gasteiger partial charge >= 0.3 is 0 Å². The third kappa shape index (κ3) is 1.37. The Morgan fingerprint density at radius 1 is 1.55 bits per heavy atom. The van der Waals surface area contributed by atoms with E-state index in [1.54, 1.807) is 12.1 Å². The van der Waals surface area contributed by atoms with Crippen molar-refractivity contribution in [3.8, 4) is 0 Å². The fourth-order valence-electron chi connectivity index (χ4n) is 0.990. The van der Waals surface area contributed by atoms with E-state index in [-0.39, 0.29) is 11.9 Å². The minimum Gasteiger partial charge on any atom is -0.368 e. The first-order chi connectivity index (χ1) is 5.27. The molecule has 0 unspecified atom stereocenters. The maximum Gasteiger partial charge on any atom is 0.130 e. The molecule has 1 aliphatic rings. The Morgan fingerprint density at radius 2 is 2.27 bits per heavy atom. The number of hydrogen-bond acceptors (Lipinski definition) is 1. The quantitative estimate of drug-likeness (QED) is 0.593. The van der Waals surface area contributed by atoms with Gasteiger partial charge in [-0.3, -0.25) is 0 Å². The lowest BCUT2D eigenvalue weighted by Gasteiger charge is -1.97. The highest BCUT2D eigenvalue weighted by atomic mass is 35.5. The van der Waals surface area contributed by atoms with Crippen molar-refractivity contribution in [2.45, 2.75) is 6.10 Å². The standard InChI is InChI=1S/C8H6ClFO/c9-5-1-2-6(7(10)3-5)8-4-11-8/h1-3,8H,4H2/t8-/m0/s1. The van der Waals surface area contributed by atoms with Gasteiger partial charge in [-0.2, -0.15) is 0 Å². The summed E-state index contributed by atoms with van der Waals surface area (Å²) < 4.78 is 17.9. The second kappa shape index (κ2) is 2.47. The highest BCUT2D eigenvalue weighted by Crippen LogP contribution is 2.32. The Balaban J connectivity index is 2.39. The van der Waals surface area contributed by atoms with E-state index < -0.39 is 0 Å². The van der Waals surface area contributed by atoms with Crippen LogP contribution >= 0.6 is 11.6 Å². The summed E-state index contributed by atoms with van der Waals surface area (Å²) in [6, 6.07) is 4.63. The molecular weight excluding hydrogens is 167 g/mol. The van der Waals surface area contributed by atoms with Gasteiger partial charge < -0.3 is 4.74 Å². The summed E-state index contributed by atoms with van der Waals surface area (Å²) in [5.41, 5.74) is 0.606. The minimum atomic E-state index is -0.278. The van der Waals surface area contributed by atoms with E-state index in [2.05, 4.69) is 0 Å². The maximum absolute atomic E-state index is 13.0. The van der Waals surface area contributed by atoms with E-state index in [1.807, 2.05) is 0 Å². The summed E-state index contributed by atoms with van der Waals surface area (Å²) in [6.45, 7) is 0.624. The van der Waals surface area contributed by atoms with Gasteiger partial charge in [0.1, 0.15) is 11.9 Å². The summed E-state index contributed by atoms with van der Waals surface area (Å²) >= 11 is 5.56. The van der Waals surface area contributed by atoms with Crippen molar-refractivity contribution in [1.29, 1.82) is 0 Å². The van der Waals surface area contributed by atoms with Crippen LogP contribution in [0.2, 0.25) is 5.02 Å². The van der Waals surface area contributed by atoms with Crippen LogP contribution in [-0.2, 0) is 4.74 Å². The molecule has 1 saturated heterocycles. The van der Waals surface area contributed by atoms with Crippen molar-refractivity contribution in [2.24, 2.45) is 0 Å². The zero-order valence-electron chi connectivity index (χ0n) is 5.68. The van der Waals surface area contributed by atoms with Gasteiger partial charge in [-0.1, -0.05) is 17.7 Å². The van der Waals surface area contributed by atoms with Crippen LogP contribution in [0, 0.1) is 5.82 Å². The van der Waals surface area contributed by atoms with Crippen molar-refractivity contribution in [2.75, 3.05) is 6.61 Å². The molecule has 0 spiro atoms. The molecule has 0 saturated carbocycles. The average molecular weight is 173 g/mol. The Bertz CT molecular complexity index is 283. The fourth-order valence-corrected chi connectivity index (χ4v) is 1.15. The summed E-state index contributed by atoms with van der Waals surface area (Å²) in [4.78, 5) is 0. The van der Waals surface area contributed by atoms with Crippen LogP contribution in [0.3, 0.4) is 0 Å². The Kier molecular flexibility index (Phi) is 1.59. The lowest BCUT2D eigenvalue weighted by Crippen LogP contribution is -1.86. The number of epoxide rings is 1. The first-order valence-corrected chi connectivity index (χ1v) is 3.72. The number of rotatable bonds is 1. The summed E-state index contributed by atoms with van der Waals surface area (Å²) in [5, 5.41) is 0.423. The Hall–Kier alpha value is -0.600. The largest absolute Gasteiger partial charge is 0.368 e. The van der Waals surface area contributed by atoms with Crippen LogP contribution in [0.25, 0.3) is 0 Å². The molecule has 0 aromatic heterocycles. The second-order valence-corrected chi connectivity index (χ2v) is 2.92. The van der Waals surface area contributed by atoms with Crippen molar-refractivity contribution >= 4 is 11.6 Å².